The molecule has 0 aliphatic carbocycles. The molecule has 1 heterocycles. The van der Waals surface area contributed by atoms with E-state index in [0.717, 1.165) is 22.2 Å². The Morgan fingerprint density at radius 3 is 2.65 bits per heavy atom. The van der Waals surface area contributed by atoms with E-state index in [1.807, 2.05) is 43.3 Å². The molecule has 31 heavy (non-hydrogen) atoms. The van der Waals surface area contributed by atoms with Crippen LogP contribution >= 0.6 is 0 Å². The second-order valence-electron chi connectivity index (χ2n) is 8.13. The van der Waals surface area contributed by atoms with Gasteiger partial charge in [0.25, 0.3) is 0 Å². The smallest absolute Gasteiger partial charge is 0.243 e. The number of likely N-dealkylation sites (N-methyl/N-ethyl adjacent to an activating group) is 1. The minimum absolute atomic E-state index is 0.0562. The maximum atomic E-state index is 12.8. The highest BCUT2D eigenvalue weighted by molar-refractivity contribution is 7.89. The lowest BCUT2D eigenvalue weighted by molar-refractivity contribution is -0.0384. The number of nitrogens with zero attached hydrogens (tertiary/aromatic N) is 2. The summed E-state index contributed by atoms with van der Waals surface area (Å²) < 4.78 is 32.5. The first-order valence-electron chi connectivity index (χ1n) is 10.2. The number of sulfonamides is 1. The normalized spacial score (nSPS) is 22.2. The van der Waals surface area contributed by atoms with Crippen molar-refractivity contribution in [1.82, 2.24) is 14.5 Å². The first-order valence-corrected chi connectivity index (χ1v) is 11.7. The van der Waals surface area contributed by atoms with Crippen LogP contribution in [0.15, 0.2) is 59.5 Å². The van der Waals surface area contributed by atoms with E-state index < -0.39 is 21.7 Å². The summed E-state index contributed by atoms with van der Waals surface area (Å²) in [5.41, 5.74) is -0.603. The molecule has 0 spiro atoms. The van der Waals surface area contributed by atoms with Crippen LogP contribution in [0, 0.1) is 0 Å². The second kappa shape index (κ2) is 10.1. The van der Waals surface area contributed by atoms with Crippen molar-refractivity contribution in [2.75, 3.05) is 46.9 Å². The number of β-amino-alcohol motifs (C(OH)–C–C–N with tert-alkyl or cyclic N) is 2. The lowest BCUT2D eigenvalue weighted by Crippen LogP contribution is -2.50. The molecular weight excluding hydrogens is 418 g/mol. The number of aliphatic hydroxyl groups is 2. The van der Waals surface area contributed by atoms with Crippen molar-refractivity contribution in [2.45, 2.75) is 23.1 Å². The van der Waals surface area contributed by atoms with E-state index in [0.29, 0.717) is 13.2 Å². The van der Waals surface area contributed by atoms with Crippen LogP contribution in [0.1, 0.15) is 5.56 Å². The Morgan fingerprint density at radius 2 is 1.94 bits per heavy atom. The molecule has 3 N–H and O–H groups in total. The topological polar surface area (TPSA) is 102 Å². The lowest BCUT2D eigenvalue weighted by Gasteiger charge is -2.26. The zero-order valence-corrected chi connectivity index (χ0v) is 18.8. The van der Waals surface area contributed by atoms with Gasteiger partial charge in [0, 0.05) is 32.7 Å². The summed E-state index contributed by atoms with van der Waals surface area (Å²) in [5, 5.41) is 24.4. The van der Waals surface area contributed by atoms with Crippen LogP contribution in [-0.2, 0) is 16.6 Å². The fraction of sp³-hybridized carbons (Fsp3) is 0.455. The Morgan fingerprint density at radius 1 is 1.19 bits per heavy atom. The van der Waals surface area contributed by atoms with Crippen molar-refractivity contribution in [3.8, 4) is 5.75 Å². The van der Waals surface area contributed by atoms with Crippen molar-refractivity contribution < 1.29 is 23.4 Å². The molecule has 2 aromatic carbocycles. The summed E-state index contributed by atoms with van der Waals surface area (Å²) in [7, 11) is 0.193. The van der Waals surface area contributed by atoms with Crippen LogP contribution in [0.2, 0.25) is 0 Å². The molecule has 170 valence electrons. The predicted octanol–water partition coefficient (Wildman–Crippen LogP) is 0.513. The molecular formula is C22H31N3O5S. The van der Waals surface area contributed by atoms with Crippen LogP contribution in [0.3, 0.4) is 0 Å². The fourth-order valence-electron chi connectivity index (χ4n) is 3.45. The first-order chi connectivity index (χ1) is 14.7. The van der Waals surface area contributed by atoms with Crippen LogP contribution in [0.25, 0.3) is 0 Å². The van der Waals surface area contributed by atoms with Crippen LogP contribution in [-0.4, -0.2) is 86.4 Å². The van der Waals surface area contributed by atoms with E-state index in [4.69, 9.17) is 4.74 Å². The van der Waals surface area contributed by atoms with Gasteiger partial charge in [-0.3, -0.25) is 0 Å². The Bertz CT molecular complexity index is 955. The molecule has 0 amide bonds. The van der Waals surface area contributed by atoms with Crippen molar-refractivity contribution in [3.05, 3.63) is 60.2 Å². The minimum atomic E-state index is -3.77. The summed E-state index contributed by atoms with van der Waals surface area (Å²) in [6, 6.07) is 15.7. The molecule has 0 bridgehead atoms. The molecule has 1 saturated heterocycles. The number of nitrogens with one attached hydrogen (secondary N) is 1. The van der Waals surface area contributed by atoms with Crippen LogP contribution in [0.4, 0.5) is 0 Å². The molecule has 0 radical (unpaired) electrons. The largest absolute Gasteiger partial charge is 0.492 e. The van der Waals surface area contributed by atoms with Gasteiger partial charge in [-0.2, -0.15) is 4.31 Å². The standard InChI is InChI=1S/C22H31N3O5S/c1-24(2)11-12-30-19-8-6-7-18(13-19)14-23-16-22(27)17-25(15-21(22)26)31(28,29)20-9-4-3-5-10-20/h3-10,13,21,23,26-27H,11-12,14-17H2,1-2H3/t21-,22+/m1/s1. The summed E-state index contributed by atoms with van der Waals surface area (Å²) in [4.78, 5) is 2.19. The van der Waals surface area contributed by atoms with E-state index in [2.05, 4.69) is 5.32 Å². The molecule has 1 aliphatic rings. The summed E-state index contributed by atoms with van der Waals surface area (Å²) in [5.74, 6) is 0.765. The van der Waals surface area contributed by atoms with E-state index in [-0.39, 0.29) is 24.5 Å². The third-order valence-electron chi connectivity index (χ3n) is 5.29. The number of hydrogen-bond acceptors (Lipinski definition) is 7. The van der Waals surface area contributed by atoms with Crippen molar-refractivity contribution in [1.29, 1.82) is 0 Å². The van der Waals surface area contributed by atoms with Crippen molar-refractivity contribution in [2.24, 2.45) is 0 Å². The Hall–Kier alpha value is -2.01. The van der Waals surface area contributed by atoms with E-state index in [1.54, 1.807) is 18.2 Å². The second-order valence-corrected chi connectivity index (χ2v) is 10.1. The van der Waals surface area contributed by atoms with Gasteiger partial charge < -0.3 is 25.2 Å². The molecule has 8 nitrogen and oxygen atoms in total. The van der Waals surface area contributed by atoms with Gasteiger partial charge in [0.05, 0.1) is 11.0 Å². The maximum Gasteiger partial charge on any atom is 0.243 e. The SMILES string of the molecule is CN(C)CCOc1cccc(CNC[C@]2(O)CN(S(=O)(=O)c3ccccc3)C[C@H]2O)c1. The average Bonchev–Trinajstić information content (AvgIpc) is 3.04. The maximum absolute atomic E-state index is 12.8. The molecule has 2 atom stereocenters. The van der Waals surface area contributed by atoms with Gasteiger partial charge in [0.15, 0.2) is 0 Å². The van der Waals surface area contributed by atoms with Crippen molar-refractivity contribution >= 4 is 10.0 Å². The molecule has 2 aromatic rings. The van der Waals surface area contributed by atoms with Gasteiger partial charge in [-0.1, -0.05) is 30.3 Å². The third-order valence-corrected chi connectivity index (χ3v) is 7.12. The lowest BCUT2D eigenvalue weighted by atomic mass is 10.0. The van der Waals surface area contributed by atoms with Gasteiger partial charge in [-0.05, 0) is 43.9 Å². The van der Waals surface area contributed by atoms with Gasteiger partial charge in [0.2, 0.25) is 10.0 Å². The zero-order valence-electron chi connectivity index (χ0n) is 17.9. The summed E-state index contributed by atoms with van der Waals surface area (Å²) in [6.45, 7) is 1.58. The van der Waals surface area contributed by atoms with Gasteiger partial charge in [-0.25, -0.2) is 8.42 Å². The van der Waals surface area contributed by atoms with E-state index in [1.165, 1.54) is 12.1 Å². The van der Waals surface area contributed by atoms with Gasteiger partial charge in [0.1, 0.15) is 18.0 Å². The quantitative estimate of drug-likeness (QED) is 0.486. The molecule has 1 aliphatic heterocycles. The first kappa shape index (κ1) is 23.6. The number of rotatable bonds is 10. The Kier molecular flexibility index (Phi) is 7.68. The number of benzene rings is 2. The molecule has 1 fully saturated rings. The van der Waals surface area contributed by atoms with E-state index >= 15 is 0 Å². The Labute approximate surface area is 184 Å². The highest BCUT2D eigenvalue weighted by Crippen LogP contribution is 2.27. The number of hydrogen-bond donors (Lipinski definition) is 3. The molecule has 9 heteroatoms. The zero-order chi connectivity index (χ0) is 22.5. The van der Waals surface area contributed by atoms with Crippen molar-refractivity contribution in [3.63, 3.8) is 0 Å². The summed E-state index contributed by atoms with van der Waals surface area (Å²) in [6.07, 6.45) is -1.18. The highest BCUT2D eigenvalue weighted by atomic mass is 32.2. The van der Waals surface area contributed by atoms with Crippen LogP contribution < -0.4 is 10.1 Å². The fourth-order valence-corrected chi connectivity index (χ4v) is 4.98. The number of aliphatic hydroxyl groups excluding tert-OH is 1. The molecule has 0 aromatic heterocycles. The number of ether oxygens (including phenoxy) is 1. The van der Waals surface area contributed by atoms with Crippen LogP contribution in [0.5, 0.6) is 5.75 Å². The minimum Gasteiger partial charge on any atom is -0.492 e. The molecule has 0 saturated carbocycles. The van der Waals surface area contributed by atoms with Gasteiger partial charge >= 0.3 is 0 Å². The molecule has 0 unspecified atom stereocenters. The summed E-state index contributed by atoms with van der Waals surface area (Å²) >= 11 is 0. The highest BCUT2D eigenvalue weighted by Gasteiger charge is 2.48. The Balaban J connectivity index is 1.56. The monoisotopic (exact) mass is 449 g/mol. The van der Waals surface area contributed by atoms with E-state index in [9.17, 15) is 18.6 Å². The predicted molar refractivity (Wildman–Crippen MR) is 118 cm³/mol. The van der Waals surface area contributed by atoms with Gasteiger partial charge in [-0.15, -0.1) is 0 Å². The molecule has 3 rings (SSSR count). The average molecular weight is 450 g/mol. The third kappa shape index (κ3) is 6.03.